The molecule has 0 spiro atoms. The fourth-order valence-electron chi connectivity index (χ4n) is 3.64. The van der Waals surface area contributed by atoms with Gasteiger partial charge < -0.3 is 9.80 Å². The summed E-state index contributed by atoms with van der Waals surface area (Å²) >= 11 is 3.00. The molecular weight excluding hydrogens is 445 g/mol. The van der Waals surface area contributed by atoms with Crippen molar-refractivity contribution in [3.8, 4) is 10.4 Å². The number of nitrogens with zero attached hydrogens (tertiary/aromatic N) is 5. The van der Waals surface area contributed by atoms with Crippen LogP contribution < -0.4 is 4.90 Å². The number of amides is 1. The molecule has 1 amide bonds. The number of fused-ring (bicyclic) bond motifs is 1. The lowest BCUT2D eigenvalue weighted by Gasteiger charge is -2.35. The van der Waals surface area contributed by atoms with Crippen LogP contribution in [0.15, 0.2) is 66.1 Å². The van der Waals surface area contributed by atoms with E-state index < -0.39 is 0 Å². The molecule has 3 aromatic heterocycles. The van der Waals surface area contributed by atoms with Crippen LogP contribution in [0.2, 0.25) is 0 Å². The van der Waals surface area contributed by atoms with Crippen LogP contribution >= 0.6 is 23.1 Å². The van der Waals surface area contributed by atoms with Crippen molar-refractivity contribution in [1.29, 1.82) is 0 Å². The van der Waals surface area contributed by atoms with Gasteiger partial charge in [-0.1, -0.05) is 30.0 Å². The highest BCUT2D eigenvalue weighted by atomic mass is 32.2. The second-order valence-electron chi connectivity index (χ2n) is 7.36. The number of halogens is 1. The third kappa shape index (κ3) is 4.44. The zero-order valence-electron chi connectivity index (χ0n) is 17.1. The summed E-state index contributed by atoms with van der Waals surface area (Å²) in [6.45, 7) is 2.92. The van der Waals surface area contributed by atoms with Crippen molar-refractivity contribution in [3.63, 3.8) is 0 Å². The van der Waals surface area contributed by atoms with Crippen molar-refractivity contribution in [2.24, 2.45) is 0 Å². The Kier molecular flexibility index (Phi) is 6.00. The smallest absolute Gasteiger partial charge is 0.233 e. The average molecular weight is 466 g/mol. The molecule has 32 heavy (non-hydrogen) atoms. The number of carbonyl (C=O) groups excluding carboxylic acids is 1. The van der Waals surface area contributed by atoms with Gasteiger partial charge in [0, 0.05) is 37.3 Å². The number of thioether (sulfide) groups is 1. The van der Waals surface area contributed by atoms with E-state index >= 15 is 0 Å². The monoisotopic (exact) mass is 465 g/mol. The molecular formula is C23H20FN5OS2. The van der Waals surface area contributed by atoms with E-state index in [1.165, 1.54) is 30.2 Å². The molecule has 0 unspecified atom stereocenters. The Labute approximate surface area is 193 Å². The summed E-state index contributed by atoms with van der Waals surface area (Å²) in [4.78, 5) is 31.1. The van der Waals surface area contributed by atoms with Gasteiger partial charge >= 0.3 is 0 Å². The third-order valence-electron chi connectivity index (χ3n) is 5.35. The van der Waals surface area contributed by atoms with Gasteiger partial charge in [0.05, 0.1) is 16.0 Å². The van der Waals surface area contributed by atoms with Crippen molar-refractivity contribution >= 4 is 45.0 Å². The number of pyridine rings is 1. The van der Waals surface area contributed by atoms with E-state index in [2.05, 4.69) is 19.9 Å². The van der Waals surface area contributed by atoms with Gasteiger partial charge in [-0.25, -0.2) is 19.3 Å². The molecule has 9 heteroatoms. The second kappa shape index (κ2) is 9.22. The highest BCUT2D eigenvalue weighted by molar-refractivity contribution is 8.00. The molecule has 0 radical (unpaired) electrons. The number of rotatable bonds is 5. The standard InChI is InChI=1S/C23H20FN5OS2/c24-17-6-4-16(5-7-17)19-13-18-22(32-19)23(27-15-26-18)31-14-21(30)29-11-9-28(10-12-29)20-3-1-2-8-25-20/h1-8,13,15H,9-12,14H2. The number of hydrogen-bond donors (Lipinski definition) is 0. The maximum Gasteiger partial charge on any atom is 0.233 e. The summed E-state index contributed by atoms with van der Waals surface area (Å²) < 4.78 is 14.2. The van der Waals surface area contributed by atoms with Crippen molar-refractivity contribution in [2.45, 2.75) is 5.03 Å². The zero-order valence-corrected chi connectivity index (χ0v) is 18.8. The van der Waals surface area contributed by atoms with Crippen molar-refractivity contribution < 1.29 is 9.18 Å². The predicted molar refractivity (Wildman–Crippen MR) is 127 cm³/mol. The Morgan fingerprint density at radius 1 is 1.03 bits per heavy atom. The van der Waals surface area contributed by atoms with Crippen molar-refractivity contribution in [3.05, 3.63) is 66.9 Å². The third-order valence-corrected chi connectivity index (χ3v) is 7.63. The van der Waals surface area contributed by atoms with Crippen LogP contribution in [0.4, 0.5) is 10.2 Å². The molecule has 4 heterocycles. The van der Waals surface area contributed by atoms with Crippen LogP contribution in [0.3, 0.4) is 0 Å². The van der Waals surface area contributed by atoms with Crippen LogP contribution in [0.5, 0.6) is 0 Å². The molecule has 4 aromatic rings. The minimum atomic E-state index is -0.259. The largest absolute Gasteiger partial charge is 0.353 e. The first-order chi connectivity index (χ1) is 15.7. The summed E-state index contributed by atoms with van der Waals surface area (Å²) in [7, 11) is 0. The molecule has 1 saturated heterocycles. The van der Waals surface area contributed by atoms with E-state index in [1.807, 2.05) is 29.2 Å². The van der Waals surface area contributed by atoms with Gasteiger partial charge in [-0.3, -0.25) is 4.79 Å². The molecule has 162 valence electrons. The van der Waals surface area contributed by atoms with Crippen LogP contribution in [-0.2, 0) is 4.79 Å². The minimum absolute atomic E-state index is 0.109. The number of aromatic nitrogens is 3. The van der Waals surface area contributed by atoms with Crippen molar-refractivity contribution in [1.82, 2.24) is 19.9 Å². The van der Waals surface area contributed by atoms with Gasteiger partial charge in [-0.2, -0.15) is 0 Å². The van der Waals surface area contributed by atoms with E-state index in [9.17, 15) is 9.18 Å². The molecule has 1 fully saturated rings. The second-order valence-corrected chi connectivity index (χ2v) is 9.37. The quantitative estimate of drug-likeness (QED) is 0.323. The van der Waals surface area contributed by atoms with Crippen LogP contribution in [0.1, 0.15) is 0 Å². The Hall–Kier alpha value is -3.04. The van der Waals surface area contributed by atoms with Gasteiger partial charge in [0.15, 0.2) is 0 Å². The fraction of sp³-hybridized carbons (Fsp3) is 0.217. The van der Waals surface area contributed by atoms with E-state index in [0.29, 0.717) is 18.8 Å². The number of carbonyl (C=O) groups is 1. The topological polar surface area (TPSA) is 62.2 Å². The van der Waals surface area contributed by atoms with E-state index in [-0.39, 0.29) is 11.7 Å². The Balaban J connectivity index is 1.23. The normalized spacial score (nSPS) is 14.2. The minimum Gasteiger partial charge on any atom is -0.353 e. The molecule has 1 aliphatic rings. The van der Waals surface area contributed by atoms with Gasteiger partial charge in [-0.05, 0) is 35.9 Å². The lowest BCUT2D eigenvalue weighted by Crippen LogP contribution is -2.49. The number of thiophene rings is 1. The van der Waals surface area contributed by atoms with Crippen LogP contribution in [0.25, 0.3) is 20.7 Å². The number of piperazine rings is 1. The highest BCUT2D eigenvalue weighted by Gasteiger charge is 2.22. The Bertz CT molecular complexity index is 1220. The molecule has 0 saturated carbocycles. The predicted octanol–water partition coefficient (Wildman–Crippen LogP) is 4.33. The first kappa shape index (κ1) is 20.8. The molecule has 5 rings (SSSR count). The number of benzene rings is 1. The molecule has 1 aromatic carbocycles. The van der Waals surface area contributed by atoms with Gasteiger partial charge in [-0.15, -0.1) is 11.3 Å². The summed E-state index contributed by atoms with van der Waals surface area (Å²) in [5, 5.41) is 0.800. The molecule has 0 bridgehead atoms. The van der Waals surface area contributed by atoms with Crippen LogP contribution in [0, 0.1) is 5.82 Å². The lowest BCUT2D eigenvalue weighted by molar-refractivity contribution is -0.128. The summed E-state index contributed by atoms with van der Waals surface area (Å²) in [5.41, 5.74) is 1.77. The first-order valence-electron chi connectivity index (χ1n) is 10.2. The first-order valence-corrected chi connectivity index (χ1v) is 12.0. The maximum atomic E-state index is 13.2. The Morgan fingerprint density at radius 3 is 2.59 bits per heavy atom. The maximum absolute atomic E-state index is 13.2. The molecule has 1 aliphatic heterocycles. The molecule has 0 aliphatic carbocycles. The summed E-state index contributed by atoms with van der Waals surface area (Å²) in [5.74, 6) is 1.13. The lowest BCUT2D eigenvalue weighted by atomic mass is 10.2. The molecule has 0 N–H and O–H groups in total. The van der Waals surface area contributed by atoms with Crippen molar-refractivity contribution in [2.75, 3.05) is 36.8 Å². The van der Waals surface area contributed by atoms with E-state index in [4.69, 9.17) is 0 Å². The highest BCUT2D eigenvalue weighted by Crippen LogP contribution is 2.37. The summed E-state index contributed by atoms with van der Waals surface area (Å²) in [6.07, 6.45) is 3.32. The fourth-order valence-corrected chi connectivity index (χ4v) is 5.74. The van der Waals surface area contributed by atoms with Gasteiger partial charge in [0.2, 0.25) is 5.91 Å². The SMILES string of the molecule is O=C(CSc1ncnc2cc(-c3ccc(F)cc3)sc12)N1CCN(c2ccccn2)CC1. The zero-order chi connectivity index (χ0) is 21.9. The van der Waals surface area contributed by atoms with Crippen LogP contribution in [-0.4, -0.2) is 57.7 Å². The summed E-state index contributed by atoms with van der Waals surface area (Å²) in [6, 6.07) is 14.3. The molecule has 0 atom stereocenters. The van der Waals surface area contributed by atoms with E-state index in [1.54, 1.807) is 29.7 Å². The van der Waals surface area contributed by atoms with Gasteiger partial charge in [0.1, 0.15) is 23.0 Å². The Morgan fingerprint density at radius 2 is 1.84 bits per heavy atom. The van der Waals surface area contributed by atoms with E-state index in [0.717, 1.165) is 44.6 Å². The number of anilines is 1. The number of hydrogen-bond acceptors (Lipinski definition) is 7. The molecule has 6 nitrogen and oxygen atoms in total. The average Bonchev–Trinajstić information content (AvgIpc) is 3.29. The van der Waals surface area contributed by atoms with Gasteiger partial charge in [0.25, 0.3) is 0 Å².